The Morgan fingerprint density at radius 2 is 2.23 bits per heavy atom. The van der Waals surface area contributed by atoms with Gasteiger partial charge in [0.25, 0.3) is 0 Å². The zero-order valence-electron chi connectivity index (χ0n) is 11.6. The molecule has 0 bridgehead atoms. The number of amides is 3. The summed E-state index contributed by atoms with van der Waals surface area (Å²) in [5.41, 5.74) is 7.30. The molecule has 0 saturated carbocycles. The Hall–Kier alpha value is -2.90. The summed E-state index contributed by atoms with van der Waals surface area (Å²) in [6.45, 7) is 0.647. The number of halogens is 1. The van der Waals surface area contributed by atoms with Crippen molar-refractivity contribution in [3.63, 3.8) is 0 Å². The van der Waals surface area contributed by atoms with Crippen molar-refractivity contribution in [1.29, 1.82) is 0 Å². The Morgan fingerprint density at radius 1 is 1.41 bits per heavy atom. The van der Waals surface area contributed by atoms with Crippen LogP contribution in [-0.2, 0) is 24.3 Å². The molecule has 1 aromatic heterocycles. The molecule has 3 rings (SSSR count). The van der Waals surface area contributed by atoms with E-state index >= 15 is 0 Å². The van der Waals surface area contributed by atoms with Crippen molar-refractivity contribution in [3.05, 3.63) is 46.9 Å². The number of rotatable bonds is 3. The van der Waals surface area contributed by atoms with Crippen LogP contribution >= 0.6 is 0 Å². The first kappa shape index (κ1) is 14.1. The summed E-state index contributed by atoms with van der Waals surface area (Å²) >= 11 is 0. The summed E-state index contributed by atoms with van der Waals surface area (Å²) in [5.74, 6) is -0.319. The first-order valence-corrected chi connectivity index (χ1v) is 6.67. The maximum absolute atomic E-state index is 13.1. The number of urea groups is 1. The Kier molecular flexibility index (Phi) is 3.50. The summed E-state index contributed by atoms with van der Waals surface area (Å²) in [5, 5.41) is 9.46. The molecule has 22 heavy (non-hydrogen) atoms. The predicted octanol–water partition coefficient (Wildman–Crippen LogP) is 1.12. The van der Waals surface area contributed by atoms with Gasteiger partial charge >= 0.3 is 6.03 Å². The molecule has 4 N–H and O–H groups in total. The number of fused-ring (bicyclic) bond motifs is 1. The van der Waals surface area contributed by atoms with Crippen LogP contribution in [0.3, 0.4) is 0 Å². The number of nitrogens with zero attached hydrogens (tertiary/aromatic N) is 2. The number of carbonyl (C=O) groups is 2. The van der Waals surface area contributed by atoms with E-state index in [1.807, 2.05) is 0 Å². The molecule has 0 aliphatic carbocycles. The van der Waals surface area contributed by atoms with Crippen LogP contribution < -0.4 is 11.1 Å². The number of aromatic nitrogens is 2. The van der Waals surface area contributed by atoms with Gasteiger partial charge in [-0.25, -0.2) is 9.18 Å². The van der Waals surface area contributed by atoms with E-state index in [0.717, 1.165) is 11.3 Å². The van der Waals surface area contributed by atoms with Crippen LogP contribution in [0, 0.1) is 5.82 Å². The highest BCUT2D eigenvalue weighted by Gasteiger charge is 2.27. The fraction of sp³-hybridized carbons (Fsp3) is 0.214. The SMILES string of the molecule is NC(=O)N1Cc2[nH]nc(NC(=O)Cc3cccc(F)c3)c2C1. The van der Waals surface area contributed by atoms with Crippen LogP contribution in [0.25, 0.3) is 0 Å². The lowest BCUT2D eigenvalue weighted by molar-refractivity contribution is -0.115. The molecule has 7 nitrogen and oxygen atoms in total. The highest BCUT2D eigenvalue weighted by molar-refractivity contribution is 5.92. The van der Waals surface area contributed by atoms with Gasteiger partial charge < -0.3 is 16.0 Å². The molecule has 0 saturated heterocycles. The number of aromatic amines is 1. The monoisotopic (exact) mass is 303 g/mol. The van der Waals surface area contributed by atoms with E-state index in [-0.39, 0.29) is 18.1 Å². The zero-order chi connectivity index (χ0) is 15.7. The van der Waals surface area contributed by atoms with E-state index in [1.54, 1.807) is 12.1 Å². The van der Waals surface area contributed by atoms with Gasteiger partial charge in [-0.1, -0.05) is 12.1 Å². The molecule has 0 radical (unpaired) electrons. The van der Waals surface area contributed by atoms with Gasteiger partial charge in [-0.2, -0.15) is 5.10 Å². The second-order valence-electron chi connectivity index (χ2n) is 5.08. The summed E-state index contributed by atoms with van der Waals surface area (Å²) < 4.78 is 13.1. The molecule has 2 heterocycles. The van der Waals surface area contributed by atoms with Crippen LogP contribution in [0.4, 0.5) is 15.0 Å². The molecule has 1 aromatic carbocycles. The predicted molar refractivity (Wildman–Crippen MR) is 76.2 cm³/mol. The van der Waals surface area contributed by atoms with Crippen LogP contribution in [0.5, 0.6) is 0 Å². The summed E-state index contributed by atoms with van der Waals surface area (Å²) in [6, 6.07) is 5.33. The van der Waals surface area contributed by atoms with Gasteiger partial charge in [0.15, 0.2) is 5.82 Å². The maximum atomic E-state index is 13.1. The average molecular weight is 303 g/mol. The Labute approximate surface area is 125 Å². The zero-order valence-corrected chi connectivity index (χ0v) is 11.6. The number of carbonyl (C=O) groups excluding carboxylic acids is 2. The van der Waals surface area contributed by atoms with E-state index in [2.05, 4.69) is 15.5 Å². The molecular formula is C14H14FN5O2. The summed E-state index contributed by atoms with van der Waals surface area (Å²) in [6.07, 6.45) is 0.0406. The quantitative estimate of drug-likeness (QED) is 0.791. The molecule has 2 aromatic rings. The number of nitrogens with two attached hydrogens (primary N) is 1. The number of H-pyrrole nitrogens is 1. The number of anilines is 1. The maximum Gasteiger partial charge on any atom is 0.315 e. The van der Waals surface area contributed by atoms with Crippen LogP contribution in [0.2, 0.25) is 0 Å². The van der Waals surface area contributed by atoms with Gasteiger partial charge in [0.2, 0.25) is 5.91 Å². The molecule has 0 unspecified atom stereocenters. The Bertz CT molecular complexity index is 743. The lowest BCUT2D eigenvalue weighted by Gasteiger charge is -2.11. The molecule has 1 aliphatic heterocycles. The fourth-order valence-corrected chi connectivity index (χ4v) is 2.41. The topological polar surface area (TPSA) is 104 Å². The molecule has 114 valence electrons. The largest absolute Gasteiger partial charge is 0.351 e. The van der Waals surface area contributed by atoms with Crippen molar-refractivity contribution in [1.82, 2.24) is 15.1 Å². The van der Waals surface area contributed by atoms with Crippen LogP contribution in [0.15, 0.2) is 24.3 Å². The minimum Gasteiger partial charge on any atom is -0.351 e. The lowest BCUT2D eigenvalue weighted by Crippen LogP contribution is -2.31. The smallest absolute Gasteiger partial charge is 0.315 e. The number of hydrogen-bond acceptors (Lipinski definition) is 3. The number of hydrogen-bond donors (Lipinski definition) is 3. The van der Waals surface area contributed by atoms with Crippen molar-refractivity contribution in [2.45, 2.75) is 19.5 Å². The van der Waals surface area contributed by atoms with Gasteiger partial charge in [0.05, 0.1) is 25.2 Å². The van der Waals surface area contributed by atoms with E-state index in [9.17, 15) is 14.0 Å². The van der Waals surface area contributed by atoms with Crippen molar-refractivity contribution in [2.24, 2.45) is 5.73 Å². The normalized spacial score (nSPS) is 13.0. The Balaban J connectivity index is 1.68. The van der Waals surface area contributed by atoms with Gasteiger partial charge in [-0.15, -0.1) is 0 Å². The Morgan fingerprint density at radius 3 is 2.95 bits per heavy atom. The lowest BCUT2D eigenvalue weighted by atomic mass is 10.1. The van der Waals surface area contributed by atoms with Crippen molar-refractivity contribution < 1.29 is 14.0 Å². The van der Waals surface area contributed by atoms with Crippen molar-refractivity contribution in [3.8, 4) is 0 Å². The first-order valence-electron chi connectivity index (χ1n) is 6.67. The first-order chi connectivity index (χ1) is 10.5. The highest BCUT2D eigenvalue weighted by Crippen LogP contribution is 2.26. The van der Waals surface area contributed by atoms with Gasteiger partial charge in [-0.3, -0.25) is 9.89 Å². The van der Waals surface area contributed by atoms with Gasteiger partial charge in [0, 0.05) is 5.56 Å². The van der Waals surface area contributed by atoms with Crippen LogP contribution in [-0.4, -0.2) is 27.0 Å². The minimum atomic E-state index is -0.526. The average Bonchev–Trinajstić information content (AvgIpc) is 3.01. The van der Waals surface area contributed by atoms with E-state index in [4.69, 9.17) is 5.73 Å². The second kappa shape index (κ2) is 5.47. The molecule has 0 fully saturated rings. The highest BCUT2D eigenvalue weighted by atomic mass is 19.1. The molecule has 0 atom stereocenters. The number of benzene rings is 1. The summed E-state index contributed by atoms with van der Waals surface area (Å²) in [7, 11) is 0. The summed E-state index contributed by atoms with van der Waals surface area (Å²) in [4.78, 5) is 24.6. The minimum absolute atomic E-state index is 0.0406. The third-order valence-corrected chi connectivity index (χ3v) is 3.47. The van der Waals surface area contributed by atoms with E-state index < -0.39 is 6.03 Å². The van der Waals surface area contributed by atoms with Crippen molar-refractivity contribution in [2.75, 3.05) is 5.32 Å². The standard InChI is InChI=1S/C14H14FN5O2/c15-9-3-1-2-8(4-9)5-12(21)17-13-10-6-20(14(16)22)7-11(10)18-19-13/h1-4H,5-7H2,(H2,16,22)(H2,17,18,19,21). The van der Waals surface area contributed by atoms with E-state index in [1.165, 1.54) is 17.0 Å². The van der Waals surface area contributed by atoms with Gasteiger partial charge in [-0.05, 0) is 17.7 Å². The molecular weight excluding hydrogens is 289 g/mol. The number of nitrogens with one attached hydrogen (secondary N) is 2. The van der Waals surface area contributed by atoms with Crippen LogP contribution in [0.1, 0.15) is 16.8 Å². The molecule has 3 amide bonds. The molecule has 0 spiro atoms. The fourth-order valence-electron chi connectivity index (χ4n) is 2.41. The third kappa shape index (κ3) is 2.76. The molecule has 1 aliphatic rings. The third-order valence-electron chi connectivity index (χ3n) is 3.47. The van der Waals surface area contributed by atoms with E-state index in [0.29, 0.717) is 24.5 Å². The second-order valence-corrected chi connectivity index (χ2v) is 5.08. The van der Waals surface area contributed by atoms with Gasteiger partial charge in [0.1, 0.15) is 5.82 Å². The van der Waals surface area contributed by atoms with Crippen molar-refractivity contribution >= 4 is 17.8 Å². The number of primary amides is 1. The molecule has 8 heteroatoms.